The van der Waals surface area contributed by atoms with Gasteiger partial charge < -0.3 is 19.7 Å². The van der Waals surface area contributed by atoms with E-state index in [-0.39, 0.29) is 18.4 Å². The molecule has 0 bridgehead atoms. The Morgan fingerprint density at radius 1 is 1.15 bits per heavy atom. The van der Waals surface area contributed by atoms with Crippen molar-refractivity contribution in [1.82, 2.24) is 4.90 Å². The van der Waals surface area contributed by atoms with Gasteiger partial charge in [0.2, 0.25) is 11.8 Å². The number of amides is 2. The molecule has 0 aliphatic rings. The first-order valence-electron chi connectivity index (χ1n) is 8.55. The molecule has 6 nitrogen and oxygen atoms in total. The van der Waals surface area contributed by atoms with Gasteiger partial charge >= 0.3 is 0 Å². The predicted molar refractivity (Wildman–Crippen MR) is 108 cm³/mol. The van der Waals surface area contributed by atoms with Crippen molar-refractivity contribution in [2.75, 3.05) is 32.6 Å². The van der Waals surface area contributed by atoms with Crippen LogP contribution in [0, 0.1) is 0 Å². The molecule has 0 heterocycles. The third kappa shape index (κ3) is 6.94. The van der Waals surface area contributed by atoms with Crippen LogP contribution >= 0.6 is 15.9 Å². The summed E-state index contributed by atoms with van der Waals surface area (Å²) >= 11 is 3.41. The number of ether oxygens (including phenoxy) is 2. The molecule has 2 rings (SSSR count). The van der Waals surface area contributed by atoms with Crippen LogP contribution in [-0.4, -0.2) is 44.0 Å². The van der Waals surface area contributed by atoms with Crippen molar-refractivity contribution >= 4 is 33.4 Å². The number of para-hydroxylation sites is 1. The summed E-state index contributed by atoms with van der Waals surface area (Å²) in [5.41, 5.74) is 0.627. The molecule has 2 aromatic carbocycles. The normalized spacial score (nSPS) is 10.2. The molecule has 0 aromatic heterocycles. The van der Waals surface area contributed by atoms with Crippen LogP contribution in [0.3, 0.4) is 0 Å². The lowest BCUT2D eigenvalue weighted by Gasteiger charge is -2.17. The summed E-state index contributed by atoms with van der Waals surface area (Å²) in [4.78, 5) is 25.7. The van der Waals surface area contributed by atoms with Crippen molar-refractivity contribution in [2.45, 2.75) is 12.8 Å². The van der Waals surface area contributed by atoms with Crippen LogP contribution in [0.25, 0.3) is 0 Å². The predicted octanol–water partition coefficient (Wildman–Crippen LogP) is 3.71. The molecule has 0 spiro atoms. The zero-order valence-corrected chi connectivity index (χ0v) is 17.0. The summed E-state index contributed by atoms with van der Waals surface area (Å²) in [6, 6.07) is 14.6. The van der Waals surface area contributed by atoms with Crippen LogP contribution in [-0.2, 0) is 9.59 Å². The third-order valence-corrected chi connectivity index (χ3v) is 4.44. The lowest BCUT2D eigenvalue weighted by Crippen LogP contribution is -2.34. The second-order valence-electron chi connectivity index (χ2n) is 5.91. The highest BCUT2D eigenvalue weighted by molar-refractivity contribution is 9.10. The van der Waals surface area contributed by atoms with Crippen LogP contribution in [0.15, 0.2) is 53.0 Å². The number of likely N-dealkylation sites (N-methyl/N-ethyl adjacent to an activating group) is 1. The number of hydrogen-bond donors (Lipinski definition) is 1. The molecule has 2 aromatic rings. The lowest BCUT2D eigenvalue weighted by atomic mass is 10.2. The van der Waals surface area contributed by atoms with E-state index >= 15 is 0 Å². The first-order chi connectivity index (χ1) is 13.0. The van der Waals surface area contributed by atoms with E-state index in [4.69, 9.17) is 9.47 Å². The van der Waals surface area contributed by atoms with Gasteiger partial charge in [0, 0.05) is 25.2 Å². The van der Waals surface area contributed by atoms with Gasteiger partial charge in [-0.25, -0.2) is 0 Å². The molecule has 0 aliphatic carbocycles. The van der Waals surface area contributed by atoms with Gasteiger partial charge in [-0.05, 0) is 46.6 Å². The Balaban J connectivity index is 1.71. The average Bonchev–Trinajstić information content (AvgIpc) is 2.66. The molecular weight excluding hydrogens is 412 g/mol. The van der Waals surface area contributed by atoms with Gasteiger partial charge in [-0.3, -0.25) is 9.59 Å². The van der Waals surface area contributed by atoms with E-state index in [0.29, 0.717) is 30.9 Å². The van der Waals surface area contributed by atoms with Crippen LogP contribution in [0.4, 0.5) is 5.69 Å². The van der Waals surface area contributed by atoms with Gasteiger partial charge in [-0.2, -0.15) is 0 Å². The quantitative estimate of drug-likeness (QED) is 0.610. The van der Waals surface area contributed by atoms with Crippen LogP contribution in [0.5, 0.6) is 11.5 Å². The second kappa shape index (κ2) is 10.6. The van der Waals surface area contributed by atoms with Crippen molar-refractivity contribution < 1.29 is 19.1 Å². The minimum Gasteiger partial charge on any atom is -0.497 e. The van der Waals surface area contributed by atoms with E-state index in [1.165, 1.54) is 4.90 Å². The smallest absolute Gasteiger partial charge is 0.243 e. The number of benzene rings is 2. The number of nitrogens with one attached hydrogen (secondary N) is 1. The number of hydrogen-bond acceptors (Lipinski definition) is 4. The highest BCUT2D eigenvalue weighted by Gasteiger charge is 2.13. The van der Waals surface area contributed by atoms with Crippen molar-refractivity contribution in [2.24, 2.45) is 0 Å². The molecule has 1 N–H and O–H groups in total. The zero-order valence-electron chi connectivity index (χ0n) is 15.4. The minimum absolute atomic E-state index is 0.0128. The van der Waals surface area contributed by atoms with Crippen molar-refractivity contribution in [3.05, 3.63) is 53.0 Å². The van der Waals surface area contributed by atoms with Gasteiger partial charge in [-0.1, -0.05) is 18.2 Å². The minimum atomic E-state index is -0.261. The van der Waals surface area contributed by atoms with Crippen LogP contribution in [0.2, 0.25) is 0 Å². The maximum absolute atomic E-state index is 12.2. The molecule has 0 saturated heterocycles. The van der Waals surface area contributed by atoms with Crippen LogP contribution < -0.4 is 14.8 Å². The number of carbonyl (C=O) groups is 2. The Kier molecular flexibility index (Phi) is 8.13. The van der Waals surface area contributed by atoms with Gasteiger partial charge in [0.05, 0.1) is 24.7 Å². The fourth-order valence-corrected chi connectivity index (χ4v) is 2.76. The molecule has 0 aliphatic heterocycles. The second-order valence-corrected chi connectivity index (χ2v) is 6.77. The summed E-state index contributed by atoms with van der Waals surface area (Å²) in [6.45, 7) is 0.416. The van der Waals surface area contributed by atoms with Crippen molar-refractivity contribution in [3.8, 4) is 11.5 Å². The Labute approximate surface area is 167 Å². The van der Waals surface area contributed by atoms with E-state index < -0.39 is 0 Å². The number of carbonyl (C=O) groups excluding carboxylic acids is 2. The maximum Gasteiger partial charge on any atom is 0.243 e. The van der Waals surface area contributed by atoms with Crippen LogP contribution in [0.1, 0.15) is 12.8 Å². The van der Waals surface area contributed by atoms with E-state index in [1.54, 1.807) is 38.4 Å². The Bertz CT molecular complexity index is 782. The molecular formula is C20H23BrN2O4. The van der Waals surface area contributed by atoms with Gasteiger partial charge in [0.25, 0.3) is 0 Å². The molecule has 2 amide bonds. The number of nitrogens with zero attached hydrogens (tertiary/aromatic N) is 1. The van der Waals surface area contributed by atoms with Gasteiger partial charge in [-0.15, -0.1) is 0 Å². The average molecular weight is 435 g/mol. The lowest BCUT2D eigenvalue weighted by molar-refractivity contribution is -0.133. The molecule has 0 atom stereocenters. The summed E-state index contributed by atoms with van der Waals surface area (Å²) in [7, 11) is 3.18. The standard InChI is InChI=1S/C20H23BrN2O4/c1-23(14-19(24)22-15-7-5-8-16(13-15)26-2)20(25)11-6-12-27-18-10-4-3-9-17(18)21/h3-5,7-10,13H,6,11-12,14H2,1-2H3,(H,22,24). The summed E-state index contributed by atoms with van der Waals surface area (Å²) < 4.78 is 11.6. The number of rotatable bonds is 9. The van der Waals surface area contributed by atoms with E-state index in [0.717, 1.165) is 10.2 Å². The fourth-order valence-electron chi connectivity index (χ4n) is 2.36. The number of methoxy groups -OCH3 is 1. The maximum atomic E-state index is 12.2. The summed E-state index contributed by atoms with van der Waals surface area (Å²) in [6.07, 6.45) is 0.884. The highest BCUT2D eigenvalue weighted by atomic mass is 79.9. The first-order valence-corrected chi connectivity index (χ1v) is 9.34. The topological polar surface area (TPSA) is 67.9 Å². The van der Waals surface area contributed by atoms with E-state index in [2.05, 4.69) is 21.2 Å². The first kappa shape index (κ1) is 20.8. The third-order valence-electron chi connectivity index (χ3n) is 3.79. The van der Waals surface area contributed by atoms with Crippen molar-refractivity contribution in [1.29, 1.82) is 0 Å². The Morgan fingerprint density at radius 3 is 2.67 bits per heavy atom. The Morgan fingerprint density at radius 2 is 1.93 bits per heavy atom. The molecule has 0 fully saturated rings. The van der Waals surface area contributed by atoms with Crippen molar-refractivity contribution in [3.63, 3.8) is 0 Å². The largest absolute Gasteiger partial charge is 0.497 e. The van der Waals surface area contributed by atoms with Gasteiger partial charge in [0.1, 0.15) is 11.5 Å². The summed E-state index contributed by atoms with van der Waals surface area (Å²) in [5, 5.41) is 2.75. The molecule has 0 saturated carbocycles. The highest BCUT2D eigenvalue weighted by Crippen LogP contribution is 2.23. The molecule has 0 unspecified atom stereocenters. The van der Waals surface area contributed by atoms with E-state index in [9.17, 15) is 9.59 Å². The van der Waals surface area contributed by atoms with E-state index in [1.807, 2.05) is 24.3 Å². The molecule has 7 heteroatoms. The molecule has 144 valence electrons. The summed E-state index contributed by atoms with van der Waals surface area (Å²) in [5.74, 6) is 1.04. The number of anilines is 1. The van der Waals surface area contributed by atoms with Gasteiger partial charge in [0.15, 0.2) is 0 Å². The SMILES string of the molecule is COc1cccc(NC(=O)CN(C)C(=O)CCCOc2ccccc2Br)c1. The zero-order chi connectivity index (χ0) is 19.6. The molecule has 27 heavy (non-hydrogen) atoms. The molecule has 0 radical (unpaired) electrons. The monoisotopic (exact) mass is 434 g/mol. The number of halogens is 1. The Hall–Kier alpha value is -2.54. The fraction of sp³-hybridized carbons (Fsp3) is 0.300.